The third kappa shape index (κ3) is 2.72. The summed E-state index contributed by atoms with van der Waals surface area (Å²) in [7, 11) is -3.54. The van der Waals surface area contributed by atoms with Crippen LogP contribution in [0.2, 0.25) is 0 Å². The van der Waals surface area contributed by atoms with Crippen molar-refractivity contribution < 1.29 is 13.5 Å². The number of aryl methyl sites for hydroxylation is 1. The van der Waals surface area contributed by atoms with E-state index in [0.717, 1.165) is 16.5 Å². The molecule has 1 aromatic rings. The van der Waals surface area contributed by atoms with Crippen molar-refractivity contribution >= 4 is 26.0 Å². The van der Waals surface area contributed by atoms with E-state index < -0.39 is 10.0 Å². The molecule has 19 heavy (non-hydrogen) atoms. The Labute approximate surface area is 122 Å². The zero-order chi connectivity index (χ0) is 14.2. The molecule has 2 atom stereocenters. The van der Waals surface area contributed by atoms with Gasteiger partial charge in [-0.15, -0.1) is 0 Å². The van der Waals surface area contributed by atoms with E-state index in [-0.39, 0.29) is 18.6 Å². The van der Waals surface area contributed by atoms with Gasteiger partial charge < -0.3 is 5.11 Å². The standard InChI is InChI=1S/C13H18BrNO3S/c1-9-5-6-15(12(9)8-16)19(17,18)13-7-11(14)4-3-10(13)2/h3-4,7,9,12,16H,5-6,8H2,1-2H3. The molecule has 6 heteroatoms. The molecule has 1 aliphatic rings. The van der Waals surface area contributed by atoms with Crippen LogP contribution in [0.1, 0.15) is 18.9 Å². The number of hydrogen-bond acceptors (Lipinski definition) is 3. The minimum Gasteiger partial charge on any atom is -0.395 e. The van der Waals surface area contributed by atoms with Crippen molar-refractivity contribution in [3.8, 4) is 0 Å². The molecule has 0 saturated carbocycles. The Morgan fingerprint density at radius 3 is 2.79 bits per heavy atom. The van der Waals surface area contributed by atoms with Gasteiger partial charge in [0, 0.05) is 11.0 Å². The van der Waals surface area contributed by atoms with Gasteiger partial charge in [0.05, 0.1) is 17.5 Å². The summed E-state index contributed by atoms with van der Waals surface area (Å²) in [6.45, 7) is 4.10. The number of rotatable bonds is 3. The van der Waals surface area contributed by atoms with Crippen LogP contribution in [-0.4, -0.2) is 37.0 Å². The molecular weight excluding hydrogens is 330 g/mol. The van der Waals surface area contributed by atoms with Crippen LogP contribution in [0.4, 0.5) is 0 Å². The zero-order valence-electron chi connectivity index (χ0n) is 11.0. The van der Waals surface area contributed by atoms with Crippen LogP contribution in [0.15, 0.2) is 27.6 Å². The summed E-state index contributed by atoms with van der Waals surface area (Å²) in [4.78, 5) is 0.314. The molecule has 0 aromatic heterocycles. The maximum atomic E-state index is 12.7. The lowest BCUT2D eigenvalue weighted by Gasteiger charge is -2.25. The third-order valence-corrected chi connectivity index (χ3v) is 6.32. The van der Waals surface area contributed by atoms with Gasteiger partial charge in [0.1, 0.15) is 0 Å². The Bertz CT molecular complexity index is 573. The van der Waals surface area contributed by atoms with E-state index in [2.05, 4.69) is 15.9 Å². The summed E-state index contributed by atoms with van der Waals surface area (Å²) in [5.41, 5.74) is 0.722. The highest BCUT2D eigenvalue weighted by Crippen LogP contribution is 2.32. The molecule has 2 unspecified atom stereocenters. The minimum absolute atomic E-state index is 0.132. The van der Waals surface area contributed by atoms with Crippen LogP contribution >= 0.6 is 15.9 Å². The van der Waals surface area contributed by atoms with Gasteiger partial charge in [-0.05, 0) is 37.0 Å². The number of aliphatic hydroxyl groups is 1. The van der Waals surface area contributed by atoms with Crippen LogP contribution in [0.5, 0.6) is 0 Å². The summed E-state index contributed by atoms with van der Waals surface area (Å²) >= 11 is 3.31. The summed E-state index contributed by atoms with van der Waals surface area (Å²) in [6.07, 6.45) is 0.789. The van der Waals surface area contributed by atoms with Gasteiger partial charge in [-0.1, -0.05) is 28.9 Å². The number of nitrogens with zero attached hydrogens (tertiary/aromatic N) is 1. The van der Waals surface area contributed by atoms with Crippen LogP contribution in [-0.2, 0) is 10.0 Å². The molecule has 1 aliphatic heterocycles. The first-order valence-corrected chi connectivity index (χ1v) is 8.50. The van der Waals surface area contributed by atoms with Crippen LogP contribution in [0, 0.1) is 12.8 Å². The molecule has 0 aliphatic carbocycles. The Kier molecular flexibility index (Phi) is 4.35. The van der Waals surface area contributed by atoms with Gasteiger partial charge in [0.15, 0.2) is 0 Å². The van der Waals surface area contributed by atoms with Crippen molar-refractivity contribution in [3.63, 3.8) is 0 Å². The highest BCUT2D eigenvalue weighted by Gasteiger charge is 2.39. The van der Waals surface area contributed by atoms with Crippen molar-refractivity contribution in [3.05, 3.63) is 28.2 Å². The van der Waals surface area contributed by atoms with Gasteiger partial charge in [0.25, 0.3) is 0 Å². The first kappa shape index (κ1) is 15.0. The lowest BCUT2D eigenvalue weighted by molar-refractivity contribution is 0.191. The summed E-state index contributed by atoms with van der Waals surface area (Å²) in [5.74, 6) is 0.187. The van der Waals surface area contributed by atoms with Crippen molar-refractivity contribution in [2.24, 2.45) is 5.92 Å². The van der Waals surface area contributed by atoms with Gasteiger partial charge in [-0.25, -0.2) is 8.42 Å². The topological polar surface area (TPSA) is 57.6 Å². The third-order valence-electron chi connectivity index (χ3n) is 3.76. The van der Waals surface area contributed by atoms with E-state index in [4.69, 9.17) is 0 Å². The predicted octanol–water partition coefficient (Wildman–Crippen LogP) is 2.15. The number of hydrogen-bond donors (Lipinski definition) is 1. The van der Waals surface area contributed by atoms with Gasteiger partial charge in [-0.2, -0.15) is 4.31 Å². The molecule has 0 spiro atoms. The van der Waals surface area contributed by atoms with Crippen molar-refractivity contribution in [2.45, 2.75) is 31.2 Å². The lowest BCUT2D eigenvalue weighted by Crippen LogP contribution is -2.40. The lowest BCUT2D eigenvalue weighted by atomic mass is 10.0. The second-order valence-electron chi connectivity index (χ2n) is 5.04. The highest BCUT2D eigenvalue weighted by molar-refractivity contribution is 9.10. The average molecular weight is 348 g/mol. The van der Waals surface area contributed by atoms with Crippen LogP contribution in [0.3, 0.4) is 0 Å². The Balaban J connectivity index is 2.45. The SMILES string of the molecule is Cc1ccc(Br)cc1S(=O)(=O)N1CCC(C)C1CO. The van der Waals surface area contributed by atoms with Crippen molar-refractivity contribution in [2.75, 3.05) is 13.2 Å². The van der Waals surface area contributed by atoms with E-state index >= 15 is 0 Å². The Morgan fingerprint density at radius 1 is 1.47 bits per heavy atom. The highest BCUT2D eigenvalue weighted by atomic mass is 79.9. The van der Waals surface area contributed by atoms with Crippen molar-refractivity contribution in [1.29, 1.82) is 0 Å². The molecule has 4 nitrogen and oxygen atoms in total. The van der Waals surface area contributed by atoms with Gasteiger partial charge in [-0.3, -0.25) is 0 Å². The second kappa shape index (κ2) is 5.52. The molecule has 1 heterocycles. The molecular formula is C13H18BrNO3S. The molecule has 0 bridgehead atoms. The monoisotopic (exact) mass is 347 g/mol. The van der Waals surface area contributed by atoms with Gasteiger partial charge in [0.2, 0.25) is 10.0 Å². The first-order valence-electron chi connectivity index (χ1n) is 6.26. The van der Waals surface area contributed by atoms with E-state index in [9.17, 15) is 13.5 Å². The van der Waals surface area contributed by atoms with E-state index in [0.29, 0.717) is 11.4 Å². The van der Waals surface area contributed by atoms with Crippen LogP contribution < -0.4 is 0 Å². The number of sulfonamides is 1. The Hall–Kier alpha value is -0.430. The number of aliphatic hydroxyl groups excluding tert-OH is 1. The summed E-state index contributed by atoms with van der Waals surface area (Å²) in [6, 6.07) is 4.92. The molecule has 0 amide bonds. The number of halogens is 1. The van der Waals surface area contributed by atoms with E-state index in [1.165, 1.54) is 4.31 Å². The quantitative estimate of drug-likeness (QED) is 0.911. The van der Waals surface area contributed by atoms with Crippen LogP contribution in [0.25, 0.3) is 0 Å². The normalized spacial score (nSPS) is 24.8. The fraction of sp³-hybridized carbons (Fsp3) is 0.538. The fourth-order valence-electron chi connectivity index (χ4n) is 2.52. The largest absolute Gasteiger partial charge is 0.395 e. The molecule has 106 valence electrons. The maximum absolute atomic E-state index is 12.7. The minimum atomic E-state index is -3.54. The van der Waals surface area contributed by atoms with Crippen molar-refractivity contribution in [1.82, 2.24) is 4.31 Å². The van der Waals surface area contributed by atoms with Gasteiger partial charge >= 0.3 is 0 Å². The Morgan fingerprint density at radius 2 is 2.16 bits per heavy atom. The molecule has 1 saturated heterocycles. The summed E-state index contributed by atoms with van der Waals surface area (Å²) in [5, 5.41) is 9.43. The molecule has 1 fully saturated rings. The molecule has 2 rings (SSSR count). The maximum Gasteiger partial charge on any atom is 0.243 e. The van der Waals surface area contributed by atoms with E-state index in [1.807, 2.05) is 13.0 Å². The average Bonchev–Trinajstić information content (AvgIpc) is 2.74. The fourth-order valence-corrected chi connectivity index (χ4v) is 5.01. The smallest absolute Gasteiger partial charge is 0.243 e. The summed E-state index contributed by atoms with van der Waals surface area (Å²) < 4.78 is 27.6. The molecule has 0 radical (unpaired) electrons. The molecule has 1 aromatic carbocycles. The predicted molar refractivity (Wildman–Crippen MR) is 77.4 cm³/mol. The number of benzene rings is 1. The first-order chi connectivity index (χ1) is 8.87. The zero-order valence-corrected chi connectivity index (χ0v) is 13.4. The second-order valence-corrected chi connectivity index (χ2v) is 7.82. The molecule has 1 N–H and O–H groups in total. The van der Waals surface area contributed by atoms with E-state index in [1.54, 1.807) is 19.1 Å².